The van der Waals surface area contributed by atoms with Crippen molar-refractivity contribution in [3.8, 4) is 0 Å². The van der Waals surface area contributed by atoms with E-state index in [-0.39, 0.29) is 54.9 Å². The van der Waals surface area contributed by atoms with Gasteiger partial charge in [-0.1, -0.05) is 13.8 Å². The Balaban J connectivity index is 2.48. The van der Waals surface area contributed by atoms with Gasteiger partial charge in [-0.3, -0.25) is 24.1 Å². The van der Waals surface area contributed by atoms with Crippen molar-refractivity contribution in [3.63, 3.8) is 0 Å². The van der Waals surface area contributed by atoms with Crippen molar-refractivity contribution in [1.82, 2.24) is 10.2 Å². The number of carbonyl (C=O) groups excluding carboxylic acids is 4. The van der Waals surface area contributed by atoms with Crippen molar-refractivity contribution in [2.75, 3.05) is 12.3 Å². The minimum atomic E-state index is -0.635. The fourth-order valence-corrected chi connectivity index (χ4v) is 3.49. The molecule has 8 heteroatoms. The van der Waals surface area contributed by atoms with Crippen LogP contribution in [0.2, 0.25) is 0 Å². The molecular formula is C16H27N3O4S. The highest BCUT2D eigenvalue weighted by atomic mass is 32.2. The predicted molar refractivity (Wildman–Crippen MR) is 93.3 cm³/mol. The fourth-order valence-electron chi connectivity index (χ4n) is 2.36. The molecule has 1 fully saturated rings. The molecule has 24 heavy (non-hydrogen) atoms. The molecule has 0 aromatic heterocycles. The zero-order valence-electron chi connectivity index (χ0n) is 14.7. The van der Waals surface area contributed by atoms with E-state index in [0.29, 0.717) is 5.75 Å². The molecule has 0 saturated carbocycles. The van der Waals surface area contributed by atoms with E-state index in [0.717, 1.165) is 4.90 Å². The van der Waals surface area contributed by atoms with Crippen molar-refractivity contribution in [1.29, 1.82) is 0 Å². The minimum absolute atomic E-state index is 0.0192. The topological polar surface area (TPSA) is 110 Å². The Bertz CT molecular complexity index is 508. The summed E-state index contributed by atoms with van der Waals surface area (Å²) in [4.78, 5) is 48.8. The molecule has 2 atom stereocenters. The van der Waals surface area contributed by atoms with Crippen molar-refractivity contribution < 1.29 is 19.2 Å². The van der Waals surface area contributed by atoms with E-state index in [1.165, 1.54) is 11.8 Å². The first-order chi connectivity index (χ1) is 11.1. The second-order valence-electron chi connectivity index (χ2n) is 6.55. The SMILES string of the molecule is CC(C)NC(=O)CCN1C(=O)CC(SCC(N)C(=O)C(C)C)C1=O. The first-order valence-corrected chi connectivity index (χ1v) is 9.22. The van der Waals surface area contributed by atoms with E-state index in [4.69, 9.17) is 5.73 Å². The molecule has 136 valence electrons. The number of Topliss-reactive ketones (excluding diaryl/α,β-unsaturated/α-hetero) is 1. The Hall–Kier alpha value is -1.41. The van der Waals surface area contributed by atoms with Gasteiger partial charge in [0.25, 0.3) is 0 Å². The average molecular weight is 357 g/mol. The lowest BCUT2D eigenvalue weighted by Gasteiger charge is -2.16. The van der Waals surface area contributed by atoms with Crippen LogP contribution in [0.1, 0.15) is 40.5 Å². The molecule has 0 bridgehead atoms. The highest BCUT2D eigenvalue weighted by Gasteiger charge is 2.39. The highest BCUT2D eigenvalue weighted by molar-refractivity contribution is 8.00. The number of amides is 3. The van der Waals surface area contributed by atoms with Crippen LogP contribution in [0.3, 0.4) is 0 Å². The number of imide groups is 1. The minimum Gasteiger partial charge on any atom is -0.354 e. The first kappa shape index (κ1) is 20.6. The average Bonchev–Trinajstić information content (AvgIpc) is 2.75. The van der Waals surface area contributed by atoms with Crippen molar-refractivity contribution in [3.05, 3.63) is 0 Å². The number of rotatable bonds is 9. The summed E-state index contributed by atoms with van der Waals surface area (Å²) in [5.41, 5.74) is 5.82. The summed E-state index contributed by atoms with van der Waals surface area (Å²) >= 11 is 1.24. The molecule has 1 rings (SSSR count). The van der Waals surface area contributed by atoms with Gasteiger partial charge in [0.1, 0.15) is 0 Å². The number of ketones is 1. The molecule has 1 heterocycles. The van der Waals surface area contributed by atoms with Crippen molar-refractivity contribution in [2.24, 2.45) is 11.7 Å². The number of carbonyl (C=O) groups is 4. The Kier molecular flexibility index (Phi) is 7.89. The smallest absolute Gasteiger partial charge is 0.242 e. The van der Waals surface area contributed by atoms with Gasteiger partial charge in [-0.25, -0.2) is 0 Å². The molecule has 7 nitrogen and oxygen atoms in total. The normalized spacial score (nSPS) is 19.3. The van der Waals surface area contributed by atoms with Crippen LogP contribution >= 0.6 is 11.8 Å². The Morgan fingerprint density at radius 2 is 1.92 bits per heavy atom. The molecule has 0 aliphatic carbocycles. The number of nitrogens with zero attached hydrogens (tertiary/aromatic N) is 1. The zero-order valence-corrected chi connectivity index (χ0v) is 15.5. The molecule has 0 aromatic carbocycles. The summed E-state index contributed by atoms with van der Waals surface area (Å²) < 4.78 is 0. The van der Waals surface area contributed by atoms with Gasteiger partial charge in [-0.2, -0.15) is 0 Å². The maximum Gasteiger partial charge on any atom is 0.242 e. The van der Waals surface area contributed by atoms with Crippen LogP contribution < -0.4 is 11.1 Å². The van der Waals surface area contributed by atoms with E-state index in [9.17, 15) is 19.2 Å². The van der Waals surface area contributed by atoms with Crippen LogP contribution in [0.25, 0.3) is 0 Å². The van der Waals surface area contributed by atoms with Gasteiger partial charge in [0.05, 0.1) is 11.3 Å². The van der Waals surface area contributed by atoms with Gasteiger partial charge in [0.2, 0.25) is 17.7 Å². The van der Waals surface area contributed by atoms with Gasteiger partial charge < -0.3 is 11.1 Å². The molecule has 3 amide bonds. The number of likely N-dealkylation sites (tertiary alicyclic amines) is 1. The third-order valence-corrected chi connectivity index (χ3v) is 4.95. The standard InChI is InChI=1S/C16H27N3O4S/c1-9(2)15(22)11(17)8-24-12-7-14(21)19(16(12)23)6-5-13(20)18-10(3)4/h9-12H,5-8,17H2,1-4H3,(H,18,20). The second-order valence-corrected chi connectivity index (χ2v) is 7.78. The van der Waals surface area contributed by atoms with Gasteiger partial charge in [-0.05, 0) is 13.8 Å². The molecule has 1 saturated heterocycles. The van der Waals surface area contributed by atoms with Crippen LogP contribution in [-0.4, -0.2) is 58.0 Å². The lowest BCUT2D eigenvalue weighted by atomic mass is 10.0. The summed E-state index contributed by atoms with van der Waals surface area (Å²) in [5.74, 6) is -0.669. The van der Waals surface area contributed by atoms with Crippen molar-refractivity contribution >= 4 is 35.3 Å². The molecule has 1 aliphatic heterocycles. The molecule has 2 unspecified atom stereocenters. The van der Waals surface area contributed by atoms with Crippen LogP contribution in [-0.2, 0) is 19.2 Å². The third-order valence-electron chi connectivity index (χ3n) is 3.63. The number of hydrogen-bond acceptors (Lipinski definition) is 6. The van der Waals surface area contributed by atoms with Gasteiger partial charge >= 0.3 is 0 Å². The second kappa shape index (κ2) is 9.17. The Morgan fingerprint density at radius 3 is 2.46 bits per heavy atom. The van der Waals surface area contributed by atoms with Crippen LogP contribution in [0, 0.1) is 5.92 Å². The lowest BCUT2D eigenvalue weighted by Crippen LogP contribution is -2.38. The summed E-state index contributed by atoms with van der Waals surface area (Å²) in [7, 11) is 0. The molecule has 3 N–H and O–H groups in total. The van der Waals surface area contributed by atoms with E-state index >= 15 is 0 Å². The van der Waals surface area contributed by atoms with Crippen LogP contribution in [0.15, 0.2) is 0 Å². The molecule has 1 aliphatic rings. The maximum atomic E-state index is 12.3. The van der Waals surface area contributed by atoms with Gasteiger partial charge in [0, 0.05) is 37.1 Å². The van der Waals surface area contributed by atoms with E-state index in [1.54, 1.807) is 13.8 Å². The summed E-state index contributed by atoms with van der Waals surface area (Å²) in [6, 6.07) is -0.616. The molecule has 0 spiro atoms. The highest BCUT2D eigenvalue weighted by Crippen LogP contribution is 2.26. The number of nitrogens with one attached hydrogen (secondary N) is 1. The molecule has 0 radical (unpaired) electrons. The number of nitrogens with two attached hydrogens (primary N) is 1. The quantitative estimate of drug-likeness (QED) is 0.575. The zero-order chi connectivity index (χ0) is 18.4. The van der Waals surface area contributed by atoms with E-state index < -0.39 is 11.3 Å². The predicted octanol–water partition coefficient (Wildman–Crippen LogP) is 0.314. The molecule has 0 aromatic rings. The maximum absolute atomic E-state index is 12.3. The van der Waals surface area contributed by atoms with E-state index in [1.807, 2.05) is 13.8 Å². The Labute approximate surface area is 147 Å². The largest absolute Gasteiger partial charge is 0.354 e. The summed E-state index contributed by atoms with van der Waals surface area (Å²) in [6.07, 6.45) is 0.191. The first-order valence-electron chi connectivity index (χ1n) is 8.18. The van der Waals surface area contributed by atoms with Crippen LogP contribution in [0.4, 0.5) is 0 Å². The Morgan fingerprint density at radius 1 is 1.29 bits per heavy atom. The summed E-state index contributed by atoms with van der Waals surface area (Å²) in [6.45, 7) is 7.34. The van der Waals surface area contributed by atoms with Crippen molar-refractivity contribution in [2.45, 2.75) is 57.9 Å². The van der Waals surface area contributed by atoms with Gasteiger partial charge in [-0.15, -0.1) is 11.8 Å². The lowest BCUT2D eigenvalue weighted by molar-refractivity contribution is -0.138. The van der Waals surface area contributed by atoms with Crippen LogP contribution in [0.5, 0.6) is 0 Å². The molecular weight excluding hydrogens is 330 g/mol. The van der Waals surface area contributed by atoms with E-state index in [2.05, 4.69) is 5.32 Å². The fraction of sp³-hybridized carbons (Fsp3) is 0.750. The number of thioether (sulfide) groups is 1. The summed E-state index contributed by atoms with van der Waals surface area (Å²) in [5, 5.41) is 2.21. The van der Waals surface area contributed by atoms with Gasteiger partial charge in [0.15, 0.2) is 5.78 Å². The number of hydrogen-bond donors (Lipinski definition) is 2. The third kappa shape index (κ3) is 5.90. The monoisotopic (exact) mass is 357 g/mol.